The number of pyridine rings is 2. The molecule has 15 heteroatoms. The molecule has 0 fully saturated rings. The highest BCUT2D eigenvalue weighted by Gasteiger charge is 2.15. The van der Waals surface area contributed by atoms with Crippen molar-refractivity contribution in [2.45, 2.75) is 20.0 Å². The average molecular weight is 865 g/mol. The number of hydrogen-bond acceptors (Lipinski definition) is 10. The number of aryl methyl sites for hydroxylation is 1. The van der Waals surface area contributed by atoms with E-state index in [1.165, 1.54) is 10.4 Å². The van der Waals surface area contributed by atoms with Gasteiger partial charge in [-0.3, -0.25) is 9.97 Å². The average Bonchev–Trinajstić information content (AvgIpc) is 3.92. The predicted molar refractivity (Wildman–Crippen MR) is 204 cm³/mol. The monoisotopic (exact) mass is 862 g/mol. The minimum atomic E-state index is 0.662. The Kier molecular flexibility index (Phi) is 9.91. The van der Waals surface area contributed by atoms with Crippen LogP contribution in [0.15, 0.2) is 110 Å². The third-order valence-electron chi connectivity index (χ3n) is 7.19. The number of fused-ring (bicyclic) bond motifs is 2. The van der Waals surface area contributed by atoms with Crippen LogP contribution in [0.25, 0.3) is 32.4 Å². The zero-order valence-corrected chi connectivity index (χ0v) is 31.6. The van der Waals surface area contributed by atoms with Crippen molar-refractivity contribution in [1.82, 2.24) is 39.2 Å². The minimum Gasteiger partial charge on any atom is -0.366 e. The molecule has 8 rings (SSSR count). The third kappa shape index (κ3) is 7.05. The summed E-state index contributed by atoms with van der Waals surface area (Å²) in [6, 6.07) is 16.1. The molecule has 0 aliphatic heterocycles. The lowest BCUT2D eigenvalue weighted by molar-refractivity contribution is 0.925. The summed E-state index contributed by atoms with van der Waals surface area (Å²) < 4.78 is 6.39. The van der Waals surface area contributed by atoms with Crippen molar-refractivity contribution >= 4 is 93.4 Å². The lowest BCUT2D eigenvalue weighted by Gasteiger charge is -2.10. The summed E-state index contributed by atoms with van der Waals surface area (Å²) in [7, 11) is 0. The first kappa shape index (κ1) is 32.5. The molecule has 48 heavy (non-hydrogen) atoms. The molecule has 8 aromatic rings. The molecule has 0 aliphatic rings. The molecule has 8 heterocycles. The highest BCUT2D eigenvalue weighted by atomic mass is 79.9. The van der Waals surface area contributed by atoms with Crippen LogP contribution in [0, 0.1) is 6.92 Å². The molecule has 0 atom stereocenters. The van der Waals surface area contributed by atoms with E-state index < -0.39 is 0 Å². The first-order valence-corrected chi connectivity index (χ1v) is 18.7. The SMILES string of the molecule is Brc1ccsc1-c1cc(NCc2cccnc2)n2ncc(Br)c2n1.Cc1ccsc1-c1cc(NCc2cccnc2)n2ncc(Br)c2n1. The number of nitrogens with one attached hydrogen (secondary N) is 2. The molecule has 0 aliphatic carbocycles. The molecule has 0 bridgehead atoms. The highest BCUT2D eigenvalue weighted by molar-refractivity contribution is 9.11. The van der Waals surface area contributed by atoms with Gasteiger partial charge < -0.3 is 10.6 Å². The quantitative estimate of drug-likeness (QED) is 0.156. The molecule has 0 radical (unpaired) electrons. The van der Waals surface area contributed by atoms with Crippen molar-refractivity contribution in [2.24, 2.45) is 0 Å². The number of anilines is 2. The van der Waals surface area contributed by atoms with E-state index in [9.17, 15) is 0 Å². The van der Waals surface area contributed by atoms with Crippen LogP contribution >= 0.6 is 70.5 Å². The van der Waals surface area contributed by atoms with E-state index in [0.29, 0.717) is 13.1 Å². The van der Waals surface area contributed by atoms with Gasteiger partial charge in [0, 0.05) is 54.5 Å². The Morgan fingerprint density at radius 2 is 1.17 bits per heavy atom. The van der Waals surface area contributed by atoms with Gasteiger partial charge in [0.05, 0.1) is 42.5 Å². The largest absolute Gasteiger partial charge is 0.366 e. The van der Waals surface area contributed by atoms with Crippen molar-refractivity contribution in [3.8, 4) is 21.1 Å². The van der Waals surface area contributed by atoms with Gasteiger partial charge in [0.2, 0.25) is 0 Å². The Bertz CT molecular complexity index is 2150. The van der Waals surface area contributed by atoms with Crippen LogP contribution < -0.4 is 10.6 Å². The standard InChI is InChI=1S/C17H14BrN5S.C16H11Br2N5S/c1-11-4-6-24-16(11)14-7-15(20-9-12-3-2-5-19-8-12)23-17(22-14)13(18)10-21-23;17-11-3-5-24-15(11)13-6-14(20-8-10-2-1-4-19-7-10)23-16(22-13)12(18)9-21-23/h2-8,10,20H,9H2,1H3;1-7,9,20H,8H2. The fourth-order valence-electron chi connectivity index (χ4n) is 4.86. The second kappa shape index (κ2) is 14.6. The maximum Gasteiger partial charge on any atom is 0.172 e. The molecule has 0 spiro atoms. The topological polar surface area (TPSA) is 110 Å². The van der Waals surface area contributed by atoms with E-state index in [1.54, 1.807) is 52.0 Å². The van der Waals surface area contributed by atoms with Gasteiger partial charge >= 0.3 is 0 Å². The van der Waals surface area contributed by atoms with Gasteiger partial charge in [-0.2, -0.15) is 19.2 Å². The first-order valence-electron chi connectivity index (χ1n) is 14.6. The van der Waals surface area contributed by atoms with Gasteiger partial charge in [0.15, 0.2) is 11.3 Å². The zero-order chi connectivity index (χ0) is 33.0. The molecule has 0 unspecified atom stereocenters. The van der Waals surface area contributed by atoms with Gasteiger partial charge in [0.1, 0.15) is 11.6 Å². The van der Waals surface area contributed by atoms with Gasteiger partial charge in [0.25, 0.3) is 0 Å². The number of nitrogens with zero attached hydrogens (tertiary/aromatic N) is 8. The van der Waals surface area contributed by atoms with Gasteiger partial charge in [-0.1, -0.05) is 12.1 Å². The Balaban J connectivity index is 0.000000152. The molecular formula is C33H25Br3N10S2. The van der Waals surface area contributed by atoms with Crippen molar-refractivity contribution in [3.63, 3.8) is 0 Å². The highest BCUT2D eigenvalue weighted by Crippen LogP contribution is 2.35. The van der Waals surface area contributed by atoms with Gasteiger partial charge in [-0.05, 0) is 106 Å². The summed E-state index contributed by atoms with van der Waals surface area (Å²) in [4.78, 5) is 20.1. The normalized spacial score (nSPS) is 11.1. The Morgan fingerprint density at radius 1 is 0.646 bits per heavy atom. The summed E-state index contributed by atoms with van der Waals surface area (Å²) in [5.74, 6) is 1.78. The summed E-state index contributed by atoms with van der Waals surface area (Å²) in [6.07, 6.45) is 10.8. The van der Waals surface area contributed by atoms with Crippen LogP contribution in [0.3, 0.4) is 0 Å². The maximum atomic E-state index is 4.77. The van der Waals surface area contributed by atoms with Crippen molar-refractivity contribution < 1.29 is 0 Å². The van der Waals surface area contributed by atoms with Gasteiger partial charge in [-0.25, -0.2) is 9.97 Å². The third-order valence-corrected chi connectivity index (χ3v) is 11.2. The molecule has 0 saturated carbocycles. The summed E-state index contributed by atoms with van der Waals surface area (Å²) in [6.45, 7) is 3.44. The first-order chi connectivity index (χ1) is 23.4. The Hall–Kier alpha value is -4.02. The van der Waals surface area contributed by atoms with Crippen LogP contribution in [-0.4, -0.2) is 39.2 Å². The smallest absolute Gasteiger partial charge is 0.172 e. The molecule has 0 aromatic carbocycles. The lowest BCUT2D eigenvalue weighted by Crippen LogP contribution is -2.06. The summed E-state index contributed by atoms with van der Waals surface area (Å²) >= 11 is 14.0. The van der Waals surface area contributed by atoms with Crippen LogP contribution in [0.2, 0.25) is 0 Å². The number of aromatic nitrogens is 8. The van der Waals surface area contributed by atoms with E-state index in [1.807, 2.05) is 64.8 Å². The predicted octanol–water partition coefficient (Wildman–Crippen LogP) is 9.53. The summed E-state index contributed by atoms with van der Waals surface area (Å²) in [5, 5.41) is 19.8. The number of halogens is 3. The molecule has 240 valence electrons. The molecule has 10 nitrogen and oxygen atoms in total. The van der Waals surface area contributed by atoms with E-state index in [-0.39, 0.29) is 0 Å². The molecule has 0 saturated heterocycles. The molecule has 8 aromatic heterocycles. The fourth-order valence-corrected chi connectivity index (χ4v) is 7.98. The van der Waals surface area contributed by atoms with Crippen molar-refractivity contribution in [1.29, 1.82) is 0 Å². The van der Waals surface area contributed by atoms with E-state index in [0.717, 1.165) is 63.7 Å². The molecular weight excluding hydrogens is 840 g/mol. The second-order valence-corrected chi connectivity index (χ2v) is 14.9. The van der Waals surface area contributed by atoms with Crippen molar-refractivity contribution in [2.75, 3.05) is 10.6 Å². The zero-order valence-electron chi connectivity index (χ0n) is 25.2. The van der Waals surface area contributed by atoms with Crippen LogP contribution in [0.5, 0.6) is 0 Å². The van der Waals surface area contributed by atoms with Crippen LogP contribution in [0.1, 0.15) is 16.7 Å². The van der Waals surface area contributed by atoms with Crippen LogP contribution in [-0.2, 0) is 13.1 Å². The summed E-state index contributed by atoms with van der Waals surface area (Å²) in [5.41, 5.74) is 6.88. The number of thiophene rings is 2. The number of rotatable bonds is 8. The van der Waals surface area contributed by atoms with E-state index in [2.05, 4.69) is 97.0 Å². The maximum absolute atomic E-state index is 4.77. The lowest BCUT2D eigenvalue weighted by atomic mass is 10.2. The second-order valence-electron chi connectivity index (χ2n) is 10.5. The minimum absolute atomic E-state index is 0.662. The van der Waals surface area contributed by atoms with Crippen molar-refractivity contribution in [3.05, 3.63) is 127 Å². The fraction of sp³-hybridized carbons (Fsp3) is 0.0909. The molecule has 0 amide bonds. The number of hydrogen-bond donors (Lipinski definition) is 2. The molecule has 2 N–H and O–H groups in total. The Labute approximate surface area is 308 Å². The van der Waals surface area contributed by atoms with Gasteiger partial charge in [-0.15, -0.1) is 22.7 Å². The van der Waals surface area contributed by atoms with Crippen LogP contribution in [0.4, 0.5) is 11.6 Å². The Morgan fingerprint density at radius 3 is 1.62 bits per heavy atom. The van der Waals surface area contributed by atoms with E-state index >= 15 is 0 Å². The van der Waals surface area contributed by atoms with E-state index in [4.69, 9.17) is 9.97 Å².